The molecule has 33 heavy (non-hydrogen) atoms. The number of nitrogens with zero attached hydrogens (tertiary/aromatic N) is 1. The number of ether oxygens (including phenoxy) is 2. The molecule has 5 rings (SSSR count). The van der Waals surface area contributed by atoms with Crippen LogP contribution in [0.1, 0.15) is 0 Å². The lowest BCUT2D eigenvalue weighted by Crippen LogP contribution is -2.24. The Balaban J connectivity index is 1.90. The SMILES string of the molecule is COc1ccc(OC)c(P(c2ccccc2)c2ccccc2)c1-c1nccc2ccccc12. The standard InChI is InChI=1S/C29H24NO2P/c1-31-25-17-18-26(32-2)29(27(25)28-24-16-10-9-11-21(24)19-20-30-28)33(22-12-5-3-6-13-22)23-14-7-4-8-15-23/h3-20H,1-2H3. The third-order valence-electron chi connectivity index (χ3n) is 5.71. The smallest absolute Gasteiger partial charge is 0.129 e. The topological polar surface area (TPSA) is 31.4 Å². The van der Waals surface area contributed by atoms with Crippen molar-refractivity contribution in [2.75, 3.05) is 14.2 Å². The molecule has 3 nitrogen and oxygen atoms in total. The van der Waals surface area contributed by atoms with Crippen LogP contribution in [0.3, 0.4) is 0 Å². The Morgan fingerprint density at radius 2 is 1.18 bits per heavy atom. The summed E-state index contributed by atoms with van der Waals surface area (Å²) in [4.78, 5) is 4.87. The van der Waals surface area contributed by atoms with Gasteiger partial charge < -0.3 is 9.47 Å². The second-order valence-corrected chi connectivity index (χ2v) is 9.73. The van der Waals surface area contributed by atoms with Crippen LogP contribution in [0.15, 0.2) is 109 Å². The summed E-state index contributed by atoms with van der Waals surface area (Å²) >= 11 is 0. The van der Waals surface area contributed by atoms with E-state index in [-0.39, 0.29) is 0 Å². The highest BCUT2D eigenvalue weighted by Crippen LogP contribution is 2.45. The summed E-state index contributed by atoms with van der Waals surface area (Å²) in [5.41, 5.74) is 1.88. The van der Waals surface area contributed by atoms with Crippen molar-refractivity contribution in [2.45, 2.75) is 0 Å². The Morgan fingerprint density at radius 1 is 0.606 bits per heavy atom. The average Bonchev–Trinajstić information content (AvgIpc) is 2.89. The molecule has 1 aromatic heterocycles. The molecule has 0 bridgehead atoms. The number of fused-ring (bicyclic) bond motifs is 1. The fourth-order valence-corrected chi connectivity index (χ4v) is 6.80. The molecule has 1 heterocycles. The van der Waals surface area contributed by atoms with Crippen molar-refractivity contribution < 1.29 is 9.47 Å². The van der Waals surface area contributed by atoms with Crippen LogP contribution in [0.2, 0.25) is 0 Å². The zero-order valence-corrected chi connectivity index (χ0v) is 19.5. The van der Waals surface area contributed by atoms with E-state index in [4.69, 9.17) is 14.5 Å². The molecule has 0 spiro atoms. The van der Waals surface area contributed by atoms with E-state index in [9.17, 15) is 0 Å². The molecule has 0 unspecified atom stereocenters. The number of rotatable bonds is 6. The van der Waals surface area contributed by atoms with Gasteiger partial charge in [0, 0.05) is 16.9 Å². The van der Waals surface area contributed by atoms with Crippen LogP contribution in [0.5, 0.6) is 11.5 Å². The second-order valence-electron chi connectivity index (χ2n) is 7.58. The minimum absolute atomic E-state index is 0.786. The van der Waals surface area contributed by atoms with Gasteiger partial charge in [0.2, 0.25) is 0 Å². The van der Waals surface area contributed by atoms with Gasteiger partial charge in [-0.15, -0.1) is 0 Å². The summed E-state index contributed by atoms with van der Waals surface area (Å²) in [7, 11) is 2.51. The summed E-state index contributed by atoms with van der Waals surface area (Å²) in [5.74, 6) is 1.62. The van der Waals surface area contributed by atoms with Crippen molar-refractivity contribution in [3.8, 4) is 22.8 Å². The zero-order valence-electron chi connectivity index (χ0n) is 18.6. The van der Waals surface area contributed by atoms with Crippen LogP contribution in [0.4, 0.5) is 0 Å². The number of hydrogen-bond donors (Lipinski definition) is 0. The van der Waals surface area contributed by atoms with E-state index in [2.05, 4.69) is 84.9 Å². The Morgan fingerprint density at radius 3 is 1.82 bits per heavy atom. The predicted molar refractivity (Wildman–Crippen MR) is 139 cm³/mol. The molecule has 4 heteroatoms. The van der Waals surface area contributed by atoms with E-state index in [0.29, 0.717) is 0 Å². The molecule has 162 valence electrons. The summed E-state index contributed by atoms with van der Waals surface area (Å²) in [6.45, 7) is 0. The number of hydrogen-bond acceptors (Lipinski definition) is 3. The first-order chi connectivity index (χ1) is 16.3. The zero-order chi connectivity index (χ0) is 22.6. The molecular weight excluding hydrogens is 425 g/mol. The molecule has 0 saturated carbocycles. The van der Waals surface area contributed by atoms with Gasteiger partial charge in [0.1, 0.15) is 11.5 Å². The van der Waals surface area contributed by atoms with Gasteiger partial charge in [0.25, 0.3) is 0 Å². The molecule has 5 aromatic rings. The third-order valence-corrected chi connectivity index (χ3v) is 8.23. The molecule has 0 radical (unpaired) electrons. The Hall–Kier alpha value is -3.68. The van der Waals surface area contributed by atoms with Gasteiger partial charge in [-0.3, -0.25) is 4.98 Å². The van der Waals surface area contributed by atoms with Crippen LogP contribution in [0.25, 0.3) is 22.0 Å². The van der Waals surface area contributed by atoms with Crippen LogP contribution in [0, 0.1) is 0 Å². The van der Waals surface area contributed by atoms with Crippen LogP contribution < -0.4 is 25.4 Å². The van der Waals surface area contributed by atoms with Gasteiger partial charge in [-0.25, -0.2) is 0 Å². The summed E-state index contributed by atoms with van der Waals surface area (Å²) in [6, 6.07) is 35.6. The maximum absolute atomic E-state index is 5.98. The first-order valence-electron chi connectivity index (χ1n) is 10.8. The van der Waals surface area contributed by atoms with Crippen LogP contribution >= 0.6 is 7.92 Å². The molecule has 0 aliphatic heterocycles. The van der Waals surface area contributed by atoms with Gasteiger partial charge in [-0.1, -0.05) is 84.9 Å². The summed E-state index contributed by atoms with van der Waals surface area (Å²) < 4.78 is 11.9. The Bertz CT molecular complexity index is 1340. The highest BCUT2D eigenvalue weighted by atomic mass is 31.1. The van der Waals surface area contributed by atoms with E-state index in [1.54, 1.807) is 14.2 Å². The molecule has 0 aliphatic carbocycles. The van der Waals surface area contributed by atoms with E-state index in [1.807, 2.05) is 24.4 Å². The van der Waals surface area contributed by atoms with Gasteiger partial charge in [0.15, 0.2) is 0 Å². The van der Waals surface area contributed by atoms with Gasteiger partial charge >= 0.3 is 0 Å². The van der Waals surface area contributed by atoms with Gasteiger partial charge in [-0.05, 0) is 42.1 Å². The highest BCUT2D eigenvalue weighted by molar-refractivity contribution is 7.80. The molecular formula is C29H24NO2P. The van der Waals surface area contributed by atoms with Crippen molar-refractivity contribution in [3.63, 3.8) is 0 Å². The molecule has 0 amide bonds. The second kappa shape index (κ2) is 9.44. The van der Waals surface area contributed by atoms with E-state index in [0.717, 1.165) is 38.8 Å². The largest absolute Gasteiger partial charge is 0.496 e. The molecule has 0 atom stereocenters. The normalized spacial score (nSPS) is 11.0. The lowest BCUT2D eigenvalue weighted by atomic mass is 10.0. The fraction of sp³-hybridized carbons (Fsp3) is 0.0690. The van der Waals surface area contributed by atoms with E-state index in [1.165, 1.54) is 10.6 Å². The van der Waals surface area contributed by atoms with Crippen molar-refractivity contribution in [1.29, 1.82) is 0 Å². The van der Waals surface area contributed by atoms with Gasteiger partial charge in [-0.2, -0.15) is 0 Å². The van der Waals surface area contributed by atoms with Crippen LogP contribution in [-0.4, -0.2) is 19.2 Å². The van der Waals surface area contributed by atoms with Crippen molar-refractivity contribution in [3.05, 3.63) is 109 Å². The van der Waals surface area contributed by atoms with Crippen molar-refractivity contribution in [1.82, 2.24) is 4.98 Å². The molecule has 0 fully saturated rings. The van der Waals surface area contributed by atoms with Crippen molar-refractivity contribution >= 4 is 34.6 Å². The monoisotopic (exact) mass is 449 g/mol. The molecule has 0 saturated heterocycles. The Labute approximate surface area is 195 Å². The molecule has 0 aliphatic rings. The average molecular weight is 449 g/mol. The van der Waals surface area contributed by atoms with Crippen LogP contribution in [-0.2, 0) is 0 Å². The first kappa shape index (κ1) is 21.2. The molecule has 0 N–H and O–H groups in total. The minimum Gasteiger partial charge on any atom is -0.496 e. The van der Waals surface area contributed by atoms with Gasteiger partial charge in [0.05, 0.1) is 25.5 Å². The summed E-state index contributed by atoms with van der Waals surface area (Å²) in [6.07, 6.45) is 1.87. The lowest BCUT2D eigenvalue weighted by molar-refractivity contribution is 0.407. The number of methoxy groups -OCH3 is 2. The molecule has 4 aromatic carbocycles. The predicted octanol–water partition coefficient (Wildman–Crippen LogP) is 5.68. The maximum Gasteiger partial charge on any atom is 0.129 e. The van der Waals surface area contributed by atoms with Crippen molar-refractivity contribution in [2.24, 2.45) is 0 Å². The van der Waals surface area contributed by atoms with E-state index >= 15 is 0 Å². The lowest BCUT2D eigenvalue weighted by Gasteiger charge is -2.26. The summed E-state index contributed by atoms with van der Waals surface area (Å²) in [5, 5.41) is 5.82. The minimum atomic E-state index is -0.939. The van der Waals surface area contributed by atoms with E-state index < -0.39 is 7.92 Å². The number of pyridine rings is 1. The maximum atomic E-state index is 5.98. The number of benzene rings is 4. The third kappa shape index (κ3) is 3.97. The highest BCUT2D eigenvalue weighted by Gasteiger charge is 2.28. The quantitative estimate of drug-likeness (QED) is 0.313. The number of aromatic nitrogens is 1. The first-order valence-corrected chi connectivity index (χ1v) is 12.2. The fourth-order valence-electron chi connectivity index (χ4n) is 4.22. The Kier molecular flexibility index (Phi) is 6.06.